The molecule has 18 heavy (non-hydrogen) atoms. The maximum Gasteiger partial charge on any atom is 0.433 e. The fourth-order valence-electron chi connectivity index (χ4n) is 1.85. The van der Waals surface area contributed by atoms with Crippen LogP contribution in [0.2, 0.25) is 0 Å². The Labute approximate surface area is 103 Å². The number of nitrogens with one attached hydrogen (secondary N) is 1. The molecule has 0 aromatic carbocycles. The van der Waals surface area contributed by atoms with Crippen molar-refractivity contribution in [3.63, 3.8) is 0 Å². The van der Waals surface area contributed by atoms with Gasteiger partial charge in [-0.15, -0.1) is 0 Å². The minimum absolute atomic E-state index is 0.0472. The molecule has 0 bridgehead atoms. The Morgan fingerprint density at radius 2 is 2.39 bits per heavy atom. The maximum absolute atomic E-state index is 11.6. The number of carbonyl (C=O) groups is 1. The van der Waals surface area contributed by atoms with Crippen LogP contribution < -0.4 is 5.32 Å². The summed E-state index contributed by atoms with van der Waals surface area (Å²) >= 11 is 0. The lowest BCUT2D eigenvalue weighted by atomic mass is 10.2. The summed E-state index contributed by atoms with van der Waals surface area (Å²) in [5.74, 6) is -0.922. The molecule has 0 aliphatic carbocycles. The monoisotopic (exact) mass is 254 g/mol. The molecule has 7 nitrogen and oxygen atoms in total. The molecule has 1 saturated heterocycles. The van der Waals surface area contributed by atoms with Crippen LogP contribution >= 0.6 is 0 Å². The number of amides is 1. The van der Waals surface area contributed by atoms with Crippen molar-refractivity contribution in [2.45, 2.75) is 25.4 Å². The molecule has 1 amide bonds. The molecule has 1 fully saturated rings. The van der Waals surface area contributed by atoms with Crippen LogP contribution in [0.25, 0.3) is 0 Å². The first-order valence-electron chi connectivity index (χ1n) is 5.81. The molecule has 0 spiro atoms. The van der Waals surface area contributed by atoms with E-state index >= 15 is 0 Å². The molecule has 1 aliphatic rings. The van der Waals surface area contributed by atoms with E-state index in [9.17, 15) is 14.9 Å². The van der Waals surface area contributed by atoms with E-state index in [2.05, 4.69) is 5.32 Å². The average Bonchev–Trinajstić information content (AvgIpc) is 2.99. The van der Waals surface area contributed by atoms with E-state index in [1.165, 1.54) is 6.07 Å². The van der Waals surface area contributed by atoms with E-state index in [-0.39, 0.29) is 11.9 Å². The number of hydrogen-bond donors (Lipinski definition) is 1. The predicted octanol–water partition coefficient (Wildman–Crippen LogP) is 1.49. The highest BCUT2D eigenvalue weighted by molar-refractivity contribution is 5.91. The van der Waals surface area contributed by atoms with Crippen molar-refractivity contribution in [2.75, 3.05) is 13.2 Å². The smallest absolute Gasteiger partial charge is 0.395 e. The summed E-state index contributed by atoms with van der Waals surface area (Å²) in [4.78, 5) is 21.3. The van der Waals surface area contributed by atoms with Gasteiger partial charge in [0.15, 0.2) is 5.76 Å². The SMILES string of the molecule is O=C(NCCC1CCCO1)c1ccc([N+](=O)[O-])o1. The first-order chi connectivity index (χ1) is 8.66. The molecule has 98 valence electrons. The maximum atomic E-state index is 11.6. The number of rotatable bonds is 5. The Balaban J connectivity index is 1.77. The number of nitro groups is 1. The standard InChI is InChI=1S/C11H14N2O5/c14-11(9-3-4-10(18-9)13(15)16)12-6-5-8-2-1-7-17-8/h3-4,8H,1-2,5-7H2,(H,12,14). The van der Waals surface area contributed by atoms with E-state index in [0.29, 0.717) is 6.54 Å². The largest absolute Gasteiger partial charge is 0.433 e. The van der Waals surface area contributed by atoms with Gasteiger partial charge in [-0.1, -0.05) is 0 Å². The molecule has 0 saturated carbocycles. The van der Waals surface area contributed by atoms with Gasteiger partial charge in [0, 0.05) is 13.2 Å². The lowest BCUT2D eigenvalue weighted by Crippen LogP contribution is -2.26. The molecule has 1 aliphatic heterocycles. The Morgan fingerprint density at radius 3 is 3.00 bits per heavy atom. The molecule has 7 heteroatoms. The van der Waals surface area contributed by atoms with Gasteiger partial charge in [-0.3, -0.25) is 14.9 Å². The first kappa shape index (κ1) is 12.6. The summed E-state index contributed by atoms with van der Waals surface area (Å²) in [5, 5.41) is 13.0. The highest BCUT2D eigenvalue weighted by atomic mass is 16.6. The molecular weight excluding hydrogens is 240 g/mol. The third kappa shape index (κ3) is 3.07. The van der Waals surface area contributed by atoms with Crippen LogP contribution in [0.3, 0.4) is 0 Å². The van der Waals surface area contributed by atoms with E-state index in [0.717, 1.165) is 31.9 Å². The second-order valence-corrected chi connectivity index (χ2v) is 4.07. The van der Waals surface area contributed by atoms with Crippen LogP contribution in [0.4, 0.5) is 5.88 Å². The summed E-state index contributed by atoms with van der Waals surface area (Å²) < 4.78 is 10.2. The second kappa shape index (κ2) is 5.63. The topological polar surface area (TPSA) is 94.6 Å². The molecule has 1 N–H and O–H groups in total. The summed E-state index contributed by atoms with van der Waals surface area (Å²) in [6, 6.07) is 2.45. The summed E-state index contributed by atoms with van der Waals surface area (Å²) in [6.07, 6.45) is 3.02. The van der Waals surface area contributed by atoms with E-state index in [1.54, 1.807) is 0 Å². The van der Waals surface area contributed by atoms with Crippen molar-refractivity contribution in [2.24, 2.45) is 0 Å². The third-order valence-electron chi connectivity index (χ3n) is 2.77. The molecule has 1 unspecified atom stereocenters. The van der Waals surface area contributed by atoms with E-state index < -0.39 is 16.7 Å². The van der Waals surface area contributed by atoms with Crippen molar-refractivity contribution < 1.29 is 18.9 Å². The molecule has 1 aromatic heterocycles. The minimum Gasteiger partial charge on any atom is -0.395 e. The van der Waals surface area contributed by atoms with Crippen molar-refractivity contribution in [3.8, 4) is 0 Å². The van der Waals surface area contributed by atoms with Gasteiger partial charge >= 0.3 is 5.88 Å². The van der Waals surface area contributed by atoms with Crippen LogP contribution in [-0.4, -0.2) is 30.1 Å². The van der Waals surface area contributed by atoms with Crippen molar-refractivity contribution in [1.29, 1.82) is 0 Å². The molecule has 1 aromatic rings. The van der Waals surface area contributed by atoms with Crippen LogP contribution in [0.1, 0.15) is 29.8 Å². The van der Waals surface area contributed by atoms with E-state index in [1.807, 2.05) is 0 Å². The zero-order valence-corrected chi connectivity index (χ0v) is 9.76. The van der Waals surface area contributed by atoms with Gasteiger partial charge in [0.1, 0.15) is 4.92 Å². The van der Waals surface area contributed by atoms with Crippen LogP contribution in [-0.2, 0) is 4.74 Å². The fraction of sp³-hybridized carbons (Fsp3) is 0.545. The van der Waals surface area contributed by atoms with Gasteiger partial charge in [0.25, 0.3) is 5.91 Å². The summed E-state index contributed by atoms with van der Waals surface area (Å²) in [7, 11) is 0. The summed E-state index contributed by atoms with van der Waals surface area (Å²) in [6.45, 7) is 1.25. The van der Waals surface area contributed by atoms with Crippen molar-refractivity contribution >= 4 is 11.8 Å². The lowest BCUT2D eigenvalue weighted by molar-refractivity contribution is -0.402. The van der Waals surface area contributed by atoms with Crippen LogP contribution in [0.15, 0.2) is 16.5 Å². The number of carbonyl (C=O) groups excluding carboxylic acids is 1. The Kier molecular flexibility index (Phi) is 3.93. The normalized spacial score (nSPS) is 18.8. The Hall–Kier alpha value is -1.89. The fourth-order valence-corrected chi connectivity index (χ4v) is 1.85. The highest BCUT2D eigenvalue weighted by Gasteiger charge is 2.18. The van der Waals surface area contributed by atoms with Gasteiger partial charge in [-0.2, -0.15) is 0 Å². The van der Waals surface area contributed by atoms with Gasteiger partial charge in [-0.05, 0) is 25.3 Å². The van der Waals surface area contributed by atoms with Gasteiger partial charge in [0.05, 0.1) is 12.2 Å². The van der Waals surface area contributed by atoms with Gasteiger partial charge < -0.3 is 14.5 Å². The minimum atomic E-state index is -0.677. The zero-order chi connectivity index (χ0) is 13.0. The predicted molar refractivity (Wildman–Crippen MR) is 61.3 cm³/mol. The number of furan rings is 1. The van der Waals surface area contributed by atoms with Gasteiger partial charge in [-0.25, -0.2) is 0 Å². The number of nitrogens with zero attached hydrogens (tertiary/aromatic N) is 1. The van der Waals surface area contributed by atoms with Crippen molar-refractivity contribution in [1.82, 2.24) is 5.32 Å². The summed E-state index contributed by atoms with van der Waals surface area (Å²) in [5.41, 5.74) is 0. The average molecular weight is 254 g/mol. The van der Waals surface area contributed by atoms with Gasteiger partial charge in [0.2, 0.25) is 0 Å². The quantitative estimate of drug-likeness (QED) is 0.634. The Morgan fingerprint density at radius 1 is 1.56 bits per heavy atom. The molecule has 2 rings (SSSR count). The zero-order valence-electron chi connectivity index (χ0n) is 9.76. The van der Waals surface area contributed by atoms with Crippen LogP contribution in [0, 0.1) is 10.1 Å². The first-order valence-corrected chi connectivity index (χ1v) is 5.81. The highest BCUT2D eigenvalue weighted by Crippen LogP contribution is 2.16. The second-order valence-electron chi connectivity index (χ2n) is 4.07. The van der Waals surface area contributed by atoms with Crippen LogP contribution in [0.5, 0.6) is 0 Å². The van der Waals surface area contributed by atoms with Crippen molar-refractivity contribution in [3.05, 3.63) is 28.0 Å². The van der Waals surface area contributed by atoms with E-state index in [4.69, 9.17) is 9.15 Å². The molecule has 2 heterocycles. The molecule has 0 radical (unpaired) electrons. The lowest BCUT2D eigenvalue weighted by Gasteiger charge is -2.08. The number of ether oxygens (including phenoxy) is 1. The third-order valence-corrected chi connectivity index (χ3v) is 2.77. The molecule has 1 atom stereocenters. The number of hydrogen-bond acceptors (Lipinski definition) is 5. The molecular formula is C11H14N2O5. The Bertz CT molecular complexity index is 436.